The molecule has 0 aliphatic heterocycles. The molecule has 1 aromatic carbocycles. The van der Waals surface area contributed by atoms with Crippen molar-refractivity contribution >= 4 is 26.9 Å². The molecule has 0 N–H and O–H groups in total. The van der Waals surface area contributed by atoms with Crippen LogP contribution in [0, 0.1) is 0 Å². The summed E-state index contributed by atoms with van der Waals surface area (Å²) in [5.41, 5.74) is 0. The van der Waals surface area contributed by atoms with Crippen molar-refractivity contribution in [3.63, 3.8) is 0 Å². The van der Waals surface area contributed by atoms with E-state index in [9.17, 15) is 4.79 Å². The first kappa shape index (κ1) is 9.48. The summed E-state index contributed by atoms with van der Waals surface area (Å²) < 4.78 is 4.96. The van der Waals surface area contributed by atoms with Crippen LogP contribution in [-0.4, -0.2) is 11.6 Å². The van der Waals surface area contributed by atoms with Crippen LogP contribution in [0.15, 0.2) is 30.3 Å². The Kier molecular flexibility index (Phi) is 4.04. The molecule has 0 aliphatic rings. The predicted octanol–water partition coefficient (Wildman–Crippen LogP) is 3.20. The van der Waals surface area contributed by atoms with E-state index in [0.717, 1.165) is 10.8 Å². The molecule has 64 valence electrons. The molecule has 0 radical (unpaired) electrons. The molecule has 2 nitrogen and oxygen atoms in total. The van der Waals surface area contributed by atoms with E-state index in [0.29, 0.717) is 5.75 Å². The van der Waals surface area contributed by atoms with Gasteiger partial charge in [-0.15, -0.1) is 0 Å². The van der Waals surface area contributed by atoms with E-state index >= 15 is 0 Å². The number of carbonyl (C=O) groups excluding carboxylic acids is 1. The van der Waals surface area contributed by atoms with Gasteiger partial charge in [-0.05, 0) is 18.4 Å². The summed E-state index contributed by atoms with van der Waals surface area (Å²) in [6.07, 6.45) is 1.83. The minimum Gasteiger partial charge on any atom is -0.418 e. The molecule has 0 aliphatic carbocycles. The summed E-state index contributed by atoms with van der Waals surface area (Å²) in [6.45, 7) is 0. The van der Waals surface area contributed by atoms with Crippen molar-refractivity contribution in [3.05, 3.63) is 30.3 Å². The molecular weight excluding hydrogens is 192 g/mol. The first-order chi connectivity index (χ1) is 5.83. The summed E-state index contributed by atoms with van der Waals surface area (Å²) in [5, 5.41) is -0.284. The maximum Gasteiger partial charge on any atom is 0.383 e. The second-order valence-corrected chi connectivity index (χ2v) is 4.25. The monoisotopic (exact) mass is 200 g/mol. The summed E-state index contributed by atoms with van der Waals surface area (Å²) in [7, 11) is 2.45. The Morgan fingerprint density at radius 3 is 2.58 bits per heavy atom. The molecule has 0 saturated heterocycles. The van der Waals surface area contributed by atoms with Crippen molar-refractivity contribution in [2.24, 2.45) is 0 Å². The number of rotatable bonds is 2. The van der Waals surface area contributed by atoms with Crippen LogP contribution in [0.2, 0.25) is 0 Å². The summed E-state index contributed by atoms with van der Waals surface area (Å²) >= 11 is 0. The van der Waals surface area contributed by atoms with Gasteiger partial charge in [0.05, 0.1) is 0 Å². The summed E-state index contributed by atoms with van der Waals surface area (Å²) in [5.74, 6) is 0.587. The number of hydrogen-bond acceptors (Lipinski definition) is 4. The molecule has 0 bridgehead atoms. The third-order valence-corrected chi connectivity index (χ3v) is 2.39. The normalized spacial score (nSPS) is 9.42. The van der Waals surface area contributed by atoms with Gasteiger partial charge in [-0.1, -0.05) is 29.0 Å². The molecule has 0 spiro atoms. The third kappa shape index (κ3) is 3.19. The molecule has 0 fully saturated rings. The van der Waals surface area contributed by atoms with Crippen LogP contribution in [0.3, 0.4) is 0 Å². The maximum atomic E-state index is 10.9. The van der Waals surface area contributed by atoms with E-state index in [4.69, 9.17) is 4.74 Å². The van der Waals surface area contributed by atoms with Crippen LogP contribution in [0.5, 0.6) is 5.75 Å². The molecule has 4 heteroatoms. The SMILES string of the molecule is CSSC(=O)Oc1ccccc1. The van der Waals surface area contributed by atoms with Crippen molar-refractivity contribution in [2.45, 2.75) is 0 Å². The molecular formula is C8H8O2S2. The van der Waals surface area contributed by atoms with E-state index in [1.54, 1.807) is 12.1 Å². The largest absolute Gasteiger partial charge is 0.418 e. The molecule has 1 aromatic rings. The van der Waals surface area contributed by atoms with Crippen LogP contribution in [0.25, 0.3) is 0 Å². The lowest BCUT2D eigenvalue weighted by Crippen LogP contribution is -1.97. The third-order valence-electron chi connectivity index (χ3n) is 1.10. The van der Waals surface area contributed by atoms with Gasteiger partial charge in [-0.2, -0.15) is 0 Å². The molecule has 0 aromatic heterocycles. The molecule has 0 amide bonds. The van der Waals surface area contributed by atoms with E-state index in [-0.39, 0.29) is 5.30 Å². The number of para-hydroxylation sites is 1. The Balaban J connectivity index is 2.47. The van der Waals surface area contributed by atoms with Crippen LogP contribution in [-0.2, 0) is 0 Å². The fourth-order valence-electron chi connectivity index (χ4n) is 0.670. The predicted molar refractivity (Wildman–Crippen MR) is 53.6 cm³/mol. The molecule has 0 unspecified atom stereocenters. The zero-order valence-electron chi connectivity index (χ0n) is 6.52. The average molecular weight is 200 g/mol. The number of carbonyl (C=O) groups is 1. The lowest BCUT2D eigenvalue weighted by molar-refractivity contribution is 0.227. The van der Waals surface area contributed by atoms with Gasteiger partial charge in [0.25, 0.3) is 0 Å². The van der Waals surface area contributed by atoms with Gasteiger partial charge in [-0.25, -0.2) is 4.79 Å². The lowest BCUT2D eigenvalue weighted by atomic mass is 10.3. The van der Waals surface area contributed by atoms with E-state index < -0.39 is 0 Å². The average Bonchev–Trinajstić information content (AvgIpc) is 2.06. The van der Waals surface area contributed by atoms with Gasteiger partial charge in [-0.3, -0.25) is 0 Å². The Bertz CT molecular complexity index is 248. The fraction of sp³-hybridized carbons (Fsp3) is 0.125. The number of ether oxygens (including phenoxy) is 1. The Morgan fingerprint density at radius 1 is 1.33 bits per heavy atom. The van der Waals surface area contributed by atoms with Crippen molar-refractivity contribution in [2.75, 3.05) is 6.26 Å². The highest BCUT2D eigenvalue weighted by Crippen LogP contribution is 2.21. The molecule has 0 saturated carbocycles. The zero-order chi connectivity index (χ0) is 8.81. The van der Waals surface area contributed by atoms with Crippen LogP contribution < -0.4 is 4.74 Å². The summed E-state index contributed by atoms with van der Waals surface area (Å²) in [4.78, 5) is 10.9. The van der Waals surface area contributed by atoms with Crippen LogP contribution >= 0.6 is 21.6 Å². The van der Waals surface area contributed by atoms with Gasteiger partial charge in [0.15, 0.2) is 0 Å². The second-order valence-electron chi connectivity index (χ2n) is 1.92. The Hall–Kier alpha value is -0.610. The van der Waals surface area contributed by atoms with E-state index in [1.165, 1.54) is 10.8 Å². The molecule has 12 heavy (non-hydrogen) atoms. The molecule has 0 heterocycles. The first-order valence-electron chi connectivity index (χ1n) is 3.30. The maximum absolute atomic E-state index is 10.9. The van der Waals surface area contributed by atoms with Gasteiger partial charge in [0, 0.05) is 10.8 Å². The van der Waals surface area contributed by atoms with Crippen molar-refractivity contribution < 1.29 is 9.53 Å². The highest BCUT2D eigenvalue weighted by atomic mass is 33.1. The highest BCUT2D eigenvalue weighted by molar-refractivity contribution is 8.81. The lowest BCUT2D eigenvalue weighted by Gasteiger charge is -2.00. The zero-order valence-corrected chi connectivity index (χ0v) is 8.15. The molecule has 1 rings (SSSR count). The highest BCUT2D eigenvalue weighted by Gasteiger charge is 2.02. The standard InChI is InChI=1S/C8H8O2S2/c1-11-12-8(9)10-7-5-3-2-4-6-7/h2-6H,1H3. The number of benzene rings is 1. The smallest absolute Gasteiger partial charge is 0.383 e. The van der Waals surface area contributed by atoms with E-state index in [2.05, 4.69) is 0 Å². The Labute approximate surface area is 79.1 Å². The minimum absolute atomic E-state index is 0.284. The first-order valence-corrected chi connectivity index (χ1v) is 5.86. The fourth-order valence-corrected chi connectivity index (χ4v) is 1.45. The topological polar surface area (TPSA) is 26.3 Å². The van der Waals surface area contributed by atoms with E-state index in [1.807, 2.05) is 24.5 Å². The van der Waals surface area contributed by atoms with Crippen molar-refractivity contribution in [1.29, 1.82) is 0 Å². The quantitative estimate of drug-likeness (QED) is 0.541. The van der Waals surface area contributed by atoms with Crippen LogP contribution in [0.4, 0.5) is 4.79 Å². The minimum atomic E-state index is -0.284. The Morgan fingerprint density at radius 2 is 2.00 bits per heavy atom. The second kappa shape index (κ2) is 5.11. The van der Waals surface area contributed by atoms with Gasteiger partial charge in [0.2, 0.25) is 0 Å². The number of hydrogen-bond donors (Lipinski definition) is 0. The van der Waals surface area contributed by atoms with Crippen molar-refractivity contribution in [1.82, 2.24) is 0 Å². The summed E-state index contributed by atoms with van der Waals surface area (Å²) in [6, 6.07) is 9.02. The van der Waals surface area contributed by atoms with Gasteiger partial charge < -0.3 is 4.74 Å². The molecule has 0 atom stereocenters. The van der Waals surface area contributed by atoms with Gasteiger partial charge in [0.1, 0.15) is 5.75 Å². The van der Waals surface area contributed by atoms with Crippen LogP contribution in [0.1, 0.15) is 0 Å². The van der Waals surface area contributed by atoms with Crippen molar-refractivity contribution in [3.8, 4) is 5.75 Å². The van der Waals surface area contributed by atoms with Gasteiger partial charge >= 0.3 is 5.30 Å².